The highest BCUT2D eigenvalue weighted by molar-refractivity contribution is 5.87. The molecule has 0 radical (unpaired) electrons. The second kappa shape index (κ2) is 11.5. The van der Waals surface area contributed by atoms with Gasteiger partial charge >= 0.3 is 5.97 Å². The number of hydrogen-bond acceptors (Lipinski definition) is 5. The third kappa shape index (κ3) is 7.74. The first-order chi connectivity index (χ1) is 16.8. The van der Waals surface area contributed by atoms with Crippen molar-refractivity contribution in [2.24, 2.45) is 5.92 Å². The molecule has 5 heteroatoms. The Labute approximate surface area is 210 Å². The Balaban J connectivity index is 1.17. The van der Waals surface area contributed by atoms with Crippen molar-refractivity contribution < 1.29 is 9.53 Å². The van der Waals surface area contributed by atoms with Gasteiger partial charge in [-0.2, -0.15) is 0 Å². The van der Waals surface area contributed by atoms with E-state index in [-0.39, 0.29) is 5.97 Å². The Morgan fingerprint density at radius 3 is 2.40 bits per heavy atom. The van der Waals surface area contributed by atoms with Crippen molar-refractivity contribution in [1.29, 1.82) is 0 Å². The summed E-state index contributed by atoms with van der Waals surface area (Å²) in [5, 5.41) is 7.63. The summed E-state index contributed by atoms with van der Waals surface area (Å²) in [5.41, 5.74) is 3.84. The Kier molecular flexibility index (Phi) is 8.40. The summed E-state index contributed by atoms with van der Waals surface area (Å²) in [6, 6.07) is 16.2. The molecule has 2 aliphatic carbocycles. The topological polar surface area (TPSA) is 63.2 Å². The van der Waals surface area contributed by atoms with Gasteiger partial charge in [-0.25, -0.2) is 9.78 Å². The van der Waals surface area contributed by atoms with Crippen molar-refractivity contribution in [3.05, 3.63) is 71.1 Å². The largest absolute Gasteiger partial charge is 0.455 e. The number of nitrogens with one attached hydrogen (secondary N) is 2. The SMILES string of the molecule is CC/C(=C\c1ccccc1)C1CC1N[C@H]1CC[C@H](NCc2ccc(C(=O)OC(C)(C)C)nc2)CC1. The molecule has 1 aromatic carbocycles. The summed E-state index contributed by atoms with van der Waals surface area (Å²) >= 11 is 0. The van der Waals surface area contributed by atoms with Gasteiger partial charge in [0.25, 0.3) is 0 Å². The Bertz CT molecular complexity index is 987. The second-order valence-corrected chi connectivity index (χ2v) is 11.1. The number of carbonyl (C=O) groups excluding carboxylic acids is 1. The third-order valence-corrected chi connectivity index (χ3v) is 7.03. The van der Waals surface area contributed by atoms with Gasteiger partial charge in [0.15, 0.2) is 0 Å². The van der Waals surface area contributed by atoms with Crippen molar-refractivity contribution in [3.8, 4) is 0 Å². The van der Waals surface area contributed by atoms with Gasteiger partial charge in [-0.1, -0.05) is 55.0 Å². The van der Waals surface area contributed by atoms with Crippen LogP contribution in [0.2, 0.25) is 0 Å². The standard InChI is InChI=1S/C30H41N3O2/c1-5-23(17-21-9-7-6-8-10-21)26-18-28(26)33-25-14-12-24(13-15-25)31-19-22-11-16-27(32-20-22)29(34)35-30(2,3)4/h6-11,16-17,20,24-26,28,31,33H,5,12-15,18-19H2,1-4H3/b23-17+/t24-,25-,26?,28?. The fourth-order valence-corrected chi connectivity index (χ4v) is 5.03. The second-order valence-electron chi connectivity index (χ2n) is 11.1. The number of carbonyl (C=O) groups is 1. The first-order valence-electron chi connectivity index (χ1n) is 13.2. The number of esters is 1. The van der Waals surface area contributed by atoms with E-state index in [0.29, 0.717) is 29.7 Å². The van der Waals surface area contributed by atoms with Crippen LogP contribution < -0.4 is 10.6 Å². The average molecular weight is 476 g/mol. The molecular weight excluding hydrogens is 434 g/mol. The van der Waals surface area contributed by atoms with Crippen LogP contribution in [0.5, 0.6) is 0 Å². The van der Waals surface area contributed by atoms with Crippen LogP contribution in [-0.4, -0.2) is 34.7 Å². The van der Waals surface area contributed by atoms with Gasteiger partial charge in [0.1, 0.15) is 11.3 Å². The number of aromatic nitrogens is 1. The van der Waals surface area contributed by atoms with E-state index < -0.39 is 5.60 Å². The van der Waals surface area contributed by atoms with Gasteiger partial charge in [-0.05, 0) is 82.4 Å². The molecule has 35 heavy (non-hydrogen) atoms. The highest BCUT2D eigenvalue weighted by Gasteiger charge is 2.40. The minimum absolute atomic E-state index is 0.360. The lowest BCUT2D eigenvalue weighted by Gasteiger charge is -2.30. The first-order valence-corrected chi connectivity index (χ1v) is 13.2. The summed E-state index contributed by atoms with van der Waals surface area (Å²) in [7, 11) is 0. The van der Waals surface area contributed by atoms with E-state index in [4.69, 9.17) is 4.74 Å². The summed E-state index contributed by atoms with van der Waals surface area (Å²) in [4.78, 5) is 16.4. The maximum Gasteiger partial charge on any atom is 0.357 e. The number of pyridine rings is 1. The maximum atomic E-state index is 12.1. The van der Waals surface area contributed by atoms with Gasteiger partial charge < -0.3 is 15.4 Å². The smallest absolute Gasteiger partial charge is 0.357 e. The molecule has 0 aliphatic heterocycles. The zero-order valence-corrected chi connectivity index (χ0v) is 21.7. The number of rotatable bonds is 9. The first kappa shape index (κ1) is 25.6. The fourth-order valence-electron chi connectivity index (χ4n) is 5.03. The summed E-state index contributed by atoms with van der Waals surface area (Å²) < 4.78 is 5.39. The molecule has 0 bridgehead atoms. The molecule has 2 aliphatic rings. The van der Waals surface area contributed by atoms with Crippen molar-refractivity contribution in [3.63, 3.8) is 0 Å². The lowest BCUT2D eigenvalue weighted by atomic mass is 9.91. The molecule has 2 fully saturated rings. The number of ether oxygens (including phenoxy) is 1. The lowest BCUT2D eigenvalue weighted by Crippen LogP contribution is -2.40. The Hall–Kier alpha value is -2.50. The molecule has 0 saturated heterocycles. The van der Waals surface area contributed by atoms with E-state index >= 15 is 0 Å². The molecule has 0 amide bonds. The lowest BCUT2D eigenvalue weighted by molar-refractivity contribution is 0.00628. The zero-order valence-electron chi connectivity index (χ0n) is 21.7. The molecular formula is C30H41N3O2. The Morgan fingerprint density at radius 1 is 1.06 bits per heavy atom. The van der Waals surface area contributed by atoms with Crippen LogP contribution >= 0.6 is 0 Å². The van der Waals surface area contributed by atoms with E-state index in [1.54, 1.807) is 17.8 Å². The van der Waals surface area contributed by atoms with Crippen LogP contribution in [0, 0.1) is 5.92 Å². The molecule has 4 rings (SSSR count). The van der Waals surface area contributed by atoms with Crippen molar-refractivity contribution >= 4 is 12.0 Å². The molecule has 0 spiro atoms. The van der Waals surface area contributed by atoms with Gasteiger partial charge in [0.2, 0.25) is 0 Å². The molecule has 2 atom stereocenters. The van der Waals surface area contributed by atoms with E-state index in [1.165, 1.54) is 37.7 Å². The van der Waals surface area contributed by atoms with Crippen LogP contribution in [0.1, 0.15) is 87.8 Å². The van der Waals surface area contributed by atoms with E-state index in [2.05, 4.69) is 58.9 Å². The van der Waals surface area contributed by atoms with Crippen molar-refractivity contribution in [2.75, 3.05) is 0 Å². The number of benzene rings is 1. The van der Waals surface area contributed by atoms with Crippen molar-refractivity contribution in [2.45, 2.75) is 96.5 Å². The van der Waals surface area contributed by atoms with Crippen LogP contribution in [0.25, 0.3) is 6.08 Å². The molecule has 1 heterocycles. The van der Waals surface area contributed by atoms with E-state index in [1.807, 2.05) is 26.8 Å². The van der Waals surface area contributed by atoms with Gasteiger partial charge in [-0.15, -0.1) is 0 Å². The zero-order chi connectivity index (χ0) is 24.8. The number of hydrogen-bond donors (Lipinski definition) is 2. The monoisotopic (exact) mass is 475 g/mol. The fraction of sp³-hybridized carbons (Fsp3) is 0.533. The molecule has 1 aromatic heterocycles. The quantitative estimate of drug-likeness (QED) is 0.442. The van der Waals surface area contributed by atoms with Crippen LogP contribution in [0.4, 0.5) is 0 Å². The molecule has 5 nitrogen and oxygen atoms in total. The third-order valence-electron chi connectivity index (χ3n) is 7.03. The molecule has 2 unspecified atom stereocenters. The van der Waals surface area contributed by atoms with Crippen LogP contribution in [0.15, 0.2) is 54.2 Å². The molecule has 2 saturated carbocycles. The van der Waals surface area contributed by atoms with Gasteiger partial charge in [-0.3, -0.25) is 0 Å². The minimum atomic E-state index is -0.510. The highest BCUT2D eigenvalue weighted by atomic mass is 16.6. The predicted molar refractivity (Wildman–Crippen MR) is 142 cm³/mol. The van der Waals surface area contributed by atoms with Crippen LogP contribution in [0.3, 0.4) is 0 Å². The van der Waals surface area contributed by atoms with Gasteiger partial charge in [0.05, 0.1) is 0 Å². The van der Waals surface area contributed by atoms with Crippen molar-refractivity contribution in [1.82, 2.24) is 15.6 Å². The van der Waals surface area contributed by atoms with Gasteiger partial charge in [0, 0.05) is 30.9 Å². The molecule has 188 valence electrons. The van der Waals surface area contributed by atoms with E-state index in [9.17, 15) is 4.79 Å². The highest BCUT2D eigenvalue weighted by Crippen LogP contribution is 2.40. The molecule has 2 aromatic rings. The maximum absolute atomic E-state index is 12.1. The van der Waals surface area contributed by atoms with E-state index in [0.717, 1.165) is 18.5 Å². The van der Waals surface area contributed by atoms with Crippen LogP contribution in [-0.2, 0) is 11.3 Å². The summed E-state index contributed by atoms with van der Waals surface area (Å²) in [5.74, 6) is 0.328. The minimum Gasteiger partial charge on any atom is -0.455 e. The molecule has 2 N–H and O–H groups in total. The average Bonchev–Trinajstić information content (AvgIpc) is 3.61. The summed E-state index contributed by atoms with van der Waals surface area (Å²) in [6.07, 6.45) is 11.4. The normalized spacial score (nSPS) is 24.7. The Morgan fingerprint density at radius 2 is 1.77 bits per heavy atom. The number of nitrogens with zero attached hydrogens (tertiary/aromatic N) is 1. The predicted octanol–water partition coefficient (Wildman–Crippen LogP) is 5.91. The summed E-state index contributed by atoms with van der Waals surface area (Å²) in [6.45, 7) is 8.65.